The van der Waals surface area contributed by atoms with E-state index in [0.717, 1.165) is 26.2 Å². The summed E-state index contributed by atoms with van der Waals surface area (Å²) in [5.74, 6) is 0. The average molecular weight is 297 g/mol. The van der Waals surface area contributed by atoms with Gasteiger partial charge in [-0.3, -0.25) is 4.90 Å². The third kappa shape index (κ3) is 3.54. The van der Waals surface area contributed by atoms with Crippen LogP contribution in [-0.4, -0.2) is 30.1 Å². The van der Waals surface area contributed by atoms with Crippen molar-refractivity contribution in [2.75, 3.05) is 19.6 Å². The minimum Gasteiger partial charge on any atom is -0.309 e. The Morgan fingerprint density at radius 2 is 2.29 bits per heavy atom. The van der Waals surface area contributed by atoms with Crippen molar-refractivity contribution in [3.05, 3.63) is 34.3 Å². The van der Waals surface area contributed by atoms with E-state index < -0.39 is 0 Å². The number of benzene rings is 1. The molecule has 3 heteroatoms. The lowest BCUT2D eigenvalue weighted by molar-refractivity contribution is 0.133. The lowest BCUT2D eigenvalue weighted by atomic mass is 9.95. The van der Waals surface area contributed by atoms with E-state index in [4.69, 9.17) is 0 Å². The first-order valence-electron chi connectivity index (χ1n) is 6.33. The average Bonchev–Trinajstić information content (AvgIpc) is 2.29. The zero-order valence-corrected chi connectivity index (χ0v) is 12.3. The highest BCUT2D eigenvalue weighted by Gasteiger charge is 2.28. The van der Waals surface area contributed by atoms with Crippen molar-refractivity contribution in [1.29, 1.82) is 0 Å². The molecule has 1 aromatic carbocycles. The summed E-state index contributed by atoms with van der Waals surface area (Å²) in [6, 6.07) is 8.61. The van der Waals surface area contributed by atoms with E-state index in [0.29, 0.717) is 0 Å². The van der Waals surface area contributed by atoms with E-state index in [1.807, 2.05) is 0 Å². The summed E-state index contributed by atoms with van der Waals surface area (Å²) in [6.45, 7) is 9.00. The first kappa shape index (κ1) is 13.1. The molecular formula is C14H21BrN2. The largest absolute Gasteiger partial charge is 0.309 e. The Balaban J connectivity index is 1.99. The maximum atomic E-state index is 3.62. The second-order valence-corrected chi connectivity index (χ2v) is 6.10. The van der Waals surface area contributed by atoms with Crippen molar-refractivity contribution < 1.29 is 0 Å². The number of hydrogen-bond acceptors (Lipinski definition) is 2. The van der Waals surface area contributed by atoms with Gasteiger partial charge in [-0.1, -0.05) is 35.0 Å². The lowest BCUT2D eigenvalue weighted by Crippen LogP contribution is -2.58. The molecule has 0 aromatic heterocycles. The zero-order valence-electron chi connectivity index (χ0n) is 10.7. The highest BCUT2D eigenvalue weighted by atomic mass is 79.9. The monoisotopic (exact) mass is 296 g/mol. The highest BCUT2D eigenvalue weighted by molar-refractivity contribution is 9.10. The number of piperazine rings is 1. The molecule has 1 unspecified atom stereocenters. The summed E-state index contributed by atoms with van der Waals surface area (Å²) >= 11 is 3.53. The molecule has 1 fully saturated rings. The first-order chi connectivity index (χ1) is 8.11. The van der Waals surface area contributed by atoms with Crippen LogP contribution in [-0.2, 0) is 6.54 Å². The quantitative estimate of drug-likeness (QED) is 0.922. The maximum Gasteiger partial charge on any atom is 0.0278 e. The van der Waals surface area contributed by atoms with E-state index in [-0.39, 0.29) is 5.54 Å². The van der Waals surface area contributed by atoms with Gasteiger partial charge in [-0.15, -0.1) is 0 Å². The Hall–Kier alpha value is -0.380. The van der Waals surface area contributed by atoms with E-state index in [1.54, 1.807) is 0 Å². The van der Waals surface area contributed by atoms with Crippen molar-refractivity contribution in [2.45, 2.75) is 32.4 Å². The van der Waals surface area contributed by atoms with Gasteiger partial charge in [-0.25, -0.2) is 0 Å². The molecule has 0 amide bonds. The molecule has 1 N–H and O–H groups in total. The molecule has 0 bridgehead atoms. The number of nitrogens with one attached hydrogen (secondary N) is 1. The van der Waals surface area contributed by atoms with Gasteiger partial charge in [0.1, 0.15) is 0 Å². The molecular weight excluding hydrogens is 276 g/mol. The highest BCUT2D eigenvalue weighted by Crippen LogP contribution is 2.18. The van der Waals surface area contributed by atoms with Gasteiger partial charge in [0.2, 0.25) is 0 Å². The van der Waals surface area contributed by atoms with Crippen molar-refractivity contribution in [3.63, 3.8) is 0 Å². The molecule has 94 valence electrons. The predicted octanol–water partition coefficient (Wildman–Crippen LogP) is 3.02. The molecule has 1 heterocycles. The number of halogens is 1. The fourth-order valence-corrected chi connectivity index (χ4v) is 2.86. The second-order valence-electron chi connectivity index (χ2n) is 5.18. The third-order valence-electron chi connectivity index (χ3n) is 3.63. The van der Waals surface area contributed by atoms with E-state index in [2.05, 4.69) is 64.3 Å². The van der Waals surface area contributed by atoms with Crippen LogP contribution in [0.15, 0.2) is 28.7 Å². The van der Waals surface area contributed by atoms with Crippen molar-refractivity contribution in [3.8, 4) is 0 Å². The minimum atomic E-state index is 0.282. The van der Waals surface area contributed by atoms with Crippen LogP contribution in [0.3, 0.4) is 0 Å². The molecule has 0 aliphatic carbocycles. The number of hydrogen-bond donors (Lipinski definition) is 1. The van der Waals surface area contributed by atoms with Crippen LogP contribution in [0.5, 0.6) is 0 Å². The summed E-state index contributed by atoms with van der Waals surface area (Å²) in [4.78, 5) is 2.54. The molecule has 1 aromatic rings. The summed E-state index contributed by atoms with van der Waals surface area (Å²) < 4.78 is 1.17. The van der Waals surface area contributed by atoms with Crippen molar-refractivity contribution in [1.82, 2.24) is 10.2 Å². The Morgan fingerprint density at radius 1 is 1.47 bits per heavy atom. The summed E-state index contributed by atoms with van der Waals surface area (Å²) in [5.41, 5.74) is 1.67. The number of rotatable bonds is 3. The molecule has 1 saturated heterocycles. The van der Waals surface area contributed by atoms with Crippen molar-refractivity contribution in [2.24, 2.45) is 0 Å². The van der Waals surface area contributed by atoms with Gasteiger partial charge in [-0.05, 0) is 31.0 Å². The van der Waals surface area contributed by atoms with Gasteiger partial charge in [0.15, 0.2) is 0 Å². The zero-order chi connectivity index (χ0) is 12.3. The van der Waals surface area contributed by atoms with Crippen LogP contribution < -0.4 is 5.32 Å². The fourth-order valence-electron chi connectivity index (χ4n) is 2.41. The Kier molecular flexibility index (Phi) is 4.23. The molecule has 1 aliphatic heterocycles. The predicted molar refractivity (Wildman–Crippen MR) is 76.1 cm³/mol. The van der Waals surface area contributed by atoms with Gasteiger partial charge in [0, 0.05) is 36.2 Å². The second kappa shape index (κ2) is 5.51. The van der Waals surface area contributed by atoms with Crippen LogP contribution >= 0.6 is 15.9 Å². The van der Waals surface area contributed by atoms with Crippen molar-refractivity contribution >= 4 is 15.9 Å². The Bertz CT molecular complexity index is 380. The van der Waals surface area contributed by atoms with E-state index in [9.17, 15) is 0 Å². The van der Waals surface area contributed by atoms with Gasteiger partial charge in [0.25, 0.3) is 0 Å². The van der Waals surface area contributed by atoms with Crippen LogP contribution in [0.4, 0.5) is 0 Å². The maximum absolute atomic E-state index is 3.62. The smallest absolute Gasteiger partial charge is 0.0278 e. The van der Waals surface area contributed by atoms with Crippen LogP contribution in [0.2, 0.25) is 0 Å². The third-order valence-corrected chi connectivity index (χ3v) is 4.12. The normalized spacial score (nSPS) is 26.1. The topological polar surface area (TPSA) is 15.3 Å². The van der Waals surface area contributed by atoms with Crippen LogP contribution in [0.1, 0.15) is 25.8 Å². The van der Waals surface area contributed by atoms with Gasteiger partial charge >= 0.3 is 0 Å². The molecule has 1 aliphatic rings. The molecule has 0 saturated carbocycles. The summed E-state index contributed by atoms with van der Waals surface area (Å²) in [6.07, 6.45) is 1.18. The molecule has 1 atom stereocenters. The molecule has 0 radical (unpaired) electrons. The first-order valence-corrected chi connectivity index (χ1v) is 7.12. The van der Waals surface area contributed by atoms with Gasteiger partial charge < -0.3 is 5.32 Å². The fraction of sp³-hybridized carbons (Fsp3) is 0.571. The lowest BCUT2D eigenvalue weighted by Gasteiger charge is -2.41. The standard InChI is InChI=1S/C14H21BrN2/c1-3-14(2)11-17(8-7-16-14)10-12-5-4-6-13(15)9-12/h4-6,9,16H,3,7-8,10-11H2,1-2H3. The van der Waals surface area contributed by atoms with Crippen LogP contribution in [0.25, 0.3) is 0 Å². The van der Waals surface area contributed by atoms with E-state index in [1.165, 1.54) is 16.5 Å². The molecule has 0 spiro atoms. The molecule has 2 rings (SSSR count). The SMILES string of the molecule is CCC1(C)CN(Cc2cccc(Br)c2)CCN1. The van der Waals surface area contributed by atoms with E-state index >= 15 is 0 Å². The molecule has 2 nitrogen and oxygen atoms in total. The Labute approximate surface area is 113 Å². The summed E-state index contributed by atoms with van der Waals surface area (Å²) in [5, 5.41) is 3.62. The van der Waals surface area contributed by atoms with Gasteiger partial charge in [0.05, 0.1) is 0 Å². The minimum absolute atomic E-state index is 0.282. The summed E-state index contributed by atoms with van der Waals surface area (Å²) in [7, 11) is 0. The van der Waals surface area contributed by atoms with Gasteiger partial charge in [-0.2, -0.15) is 0 Å². The van der Waals surface area contributed by atoms with Crippen LogP contribution in [0, 0.1) is 0 Å². The molecule has 17 heavy (non-hydrogen) atoms. The number of nitrogens with zero attached hydrogens (tertiary/aromatic N) is 1. The Morgan fingerprint density at radius 3 is 3.00 bits per heavy atom.